The van der Waals surface area contributed by atoms with Crippen LogP contribution in [0.5, 0.6) is 5.75 Å². The monoisotopic (exact) mass is 397 g/mol. The molecule has 0 radical (unpaired) electrons. The van der Waals surface area contributed by atoms with E-state index in [1.807, 2.05) is 42.5 Å². The van der Waals surface area contributed by atoms with Crippen molar-refractivity contribution in [3.63, 3.8) is 0 Å². The normalized spacial score (nSPS) is 19.0. The van der Waals surface area contributed by atoms with E-state index in [-0.39, 0.29) is 17.9 Å². The first-order valence-electron chi connectivity index (χ1n) is 9.16. The van der Waals surface area contributed by atoms with Gasteiger partial charge in [0.25, 0.3) is 0 Å². The number of carbonyl (C=O) groups excluding carboxylic acids is 1. The number of nitrogens with zero attached hydrogens (tertiary/aromatic N) is 1. The molecule has 1 amide bonds. The average Bonchev–Trinajstić information content (AvgIpc) is 3.31. The fourth-order valence-corrected chi connectivity index (χ4v) is 4.28. The Morgan fingerprint density at radius 1 is 1.32 bits per heavy atom. The number of methoxy groups -OCH3 is 1. The minimum atomic E-state index is 0.0113. The molecule has 0 aliphatic carbocycles. The van der Waals surface area contributed by atoms with Crippen molar-refractivity contribution in [1.29, 1.82) is 0 Å². The van der Waals surface area contributed by atoms with Gasteiger partial charge in [-0.3, -0.25) is 10.2 Å². The molecule has 5 N–H and O–H groups in total. The van der Waals surface area contributed by atoms with Gasteiger partial charge in [-0.1, -0.05) is 29.5 Å². The molecule has 0 spiro atoms. The fourth-order valence-electron chi connectivity index (χ4n) is 3.48. The molecular formula is C20H23N5O2S. The number of nitrogens with two attached hydrogens (primary N) is 1. The van der Waals surface area contributed by atoms with Gasteiger partial charge in [0.2, 0.25) is 5.91 Å². The second-order valence-electron chi connectivity index (χ2n) is 6.87. The zero-order valence-electron chi connectivity index (χ0n) is 15.6. The lowest BCUT2D eigenvalue weighted by Crippen LogP contribution is -2.33. The molecular weight excluding hydrogens is 374 g/mol. The van der Waals surface area contributed by atoms with E-state index < -0.39 is 0 Å². The molecule has 1 aliphatic heterocycles. The van der Waals surface area contributed by atoms with E-state index in [9.17, 15) is 4.79 Å². The van der Waals surface area contributed by atoms with Gasteiger partial charge in [0, 0.05) is 19.0 Å². The number of fused-ring (bicyclic) bond motifs is 1. The maximum Gasteiger partial charge on any atom is 0.224 e. The quantitative estimate of drug-likeness (QED) is 0.508. The van der Waals surface area contributed by atoms with E-state index in [1.54, 1.807) is 7.11 Å². The summed E-state index contributed by atoms with van der Waals surface area (Å²) >= 11 is 1.44. The van der Waals surface area contributed by atoms with Crippen molar-refractivity contribution in [2.75, 3.05) is 25.9 Å². The Labute approximate surface area is 167 Å². The number of nitrogens with one attached hydrogen (secondary N) is 3. The molecule has 1 aliphatic rings. The molecule has 28 heavy (non-hydrogen) atoms. The van der Waals surface area contributed by atoms with Crippen molar-refractivity contribution < 1.29 is 9.53 Å². The van der Waals surface area contributed by atoms with E-state index in [1.165, 1.54) is 16.9 Å². The Bertz CT molecular complexity index is 972. The van der Waals surface area contributed by atoms with Crippen LogP contribution in [0.25, 0.3) is 10.2 Å². The van der Waals surface area contributed by atoms with Crippen LogP contribution < -0.4 is 26.6 Å². The summed E-state index contributed by atoms with van der Waals surface area (Å²) in [5.41, 5.74) is 15.2. The second kappa shape index (κ2) is 8.14. The number of nitrogen functional groups attached to an aromatic ring is 1. The molecule has 2 aromatic carbocycles. The second-order valence-corrected chi connectivity index (χ2v) is 7.93. The fraction of sp³-hybridized carbons (Fsp3) is 0.300. The van der Waals surface area contributed by atoms with Crippen molar-refractivity contribution in [2.24, 2.45) is 5.92 Å². The molecule has 4 rings (SSSR count). The lowest BCUT2D eigenvalue weighted by atomic mass is 9.94. The number of ether oxygens (including phenoxy) is 1. The van der Waals surface area contributed by atoms with Crippen LogP contribution >= 0.6 is 11.3 Å². The van der Waals surface area contributed by atoms with E-state index in [2.05, 4.69) is 21.2 Å². The van der Waals surface area contributed by atoms with Gasteiger partial charge in [0.05, 0.1) is 29.8 Å². The maximum absolute atomic E-state index is 12.4. The average molecular weight is 398 g/mol. The minimum absolute atomic E-state index is 0.0113. The van der Waals surface area contributed by atoms with Gasteiger partial charge in [-0.25, -0.2) is 10.4 Å². The number of carbonyl (C=O) groups is 1. The van der Waals surface area contributed by atoms with E-state index in [0.29, 0.717) is 18.1 Å². The number of aromatic nitrogens is 1. The predicted molar refractivity (Wildman–Crippen MR) is 111 cm³/mol. The summed E-state index contributed by atoms with van der Waals surface area (Å²) in [6, 6.07) is 14.0. The molecule has 2 unspecified atom stereocenters. The lowest BCUT2D eigenvalue weighted by molar-refractivity contribution is -0.120. The molecule has 1 fully saturated rings. The molecule has 2 atom stereocenters. The van der Waals surface area contributed by atoms with Crippen LogP contribution in [0.2, 0.25) is 0 Å². The molecule has 0 saturated carbocycles. The summed E-state index contributed by atoms with van der Waals surface area (Å²) in [6.07, 6.45) is 0.342. The topological polar surface area (TPSA) is 101 Å². The van der Waals surface area contributed by atoms with Crippen LogP contribution in [-0.2, 0) is 11.2 Å². The van der Waals surface area contributed by atoms with Crippen molar-refractivity contribution in [2.45, 2.75) is 12.5 Å². The molecule has 7 nitrogen and oxygen atoms in total. The van der Waals surface area contributed by atoms with Gasteiger partial charge in [-0.15, -0.1) is 0 Å². The van der Waals surface area contributed by atoms with Gasteiger partial charge in [0.1, 0.15) is 5.75 Å². The molecule has 0 bridgehead atoms. The van der Waals surface area contributed by atoms with Gasteiger partial charge in [-0.05, 0) is 35.4 Å². The van der Waals surface area contributed by atoms with Gasteiger partial charge in [-0.2, -0.15) is 0 Å². The Balaban J connectivity index is 1.35. The number of benzene rings is 2. The zero-order chi connectivity index (χ0) is 19.5. The summed E-state index contributed by atoms with van der Waals surface area (Å²) in [5, 5.41) is 3.61. The SMILES string of the molecule is COc1ccc(C2NNCC2CNC(=O)Cc2ccc3nc(N)sc3c2)cc1. The molecule has 3 aromatic rings. The summed E-state index contributed by atoms with van der Waals surface area (Å²) < 4.78 is 6.23. The van der Waals surface area contributed by atoms with Crippen LogP contribution in [0, 0.1) is 5.92 Å². The number of anilines is 1. The van der Waals surface area contributed by atoms with E-state index in [4.69, 9.17) is 10.5 Å². The van der Waals surface area contributed by atoms with E-state index in [0.717, 1.165) is 28.1 Å². The molecule has 146 valence electrons. The number of amides is 1. The Kier molecular flexibility index (Phi) is 5.43. The largest absolute Gasteiger partial charge is 0.497 e. The third-order valence-corrected chi connectivity index (χ3v) is 5.81. The number of hydrogen-bond donors (Lipinski definition) is 4. The highest BCUT2D eigenvalue weighted by Crippen LogP contribution is 2.26. The summed E-state index contributed by atoms with van der Waals surface area (Å²) in [6.45, 7) is 1.40. The molecule has 1 aromatic heterocycles. The van der Waals surface area contributed by atoms with Crippen LogP contribution in [-0.4, -0.2) is 31.1 Å². The maximum atomic E-state index is 12.4. The summed E-state index contributed by atoms with van der Waals surface area (Å²) in [5.74, 6) is 1.11. The van der Waals surface area contributed by atoms with E-state index >= 15 is 0 Å². The Hall–Kier alpha value is -2.68. The number of thiazole rings is 1. The first-order chi connectivity index (χ1) is 13.6. The van der Waals surface area contributed by atoms with Crippen molar-refractivity contribution >= 4 is 32.6 Å². The molecule has 8 heteroatoms. The zero-order valence-corrected chi connectivity index (χ0v) is 16.4. The smallest absolute Gasteiger partial charge is 0.224 e. The third kappa shape index (κ3) is 4.09. The number of hydrazine groups is 1. The number of hydrogen-bond acceptors (Lipinski definition) is 7. The lowest BCUT2D eigenvalue weighted by Gasteiger charge is -2.19. The van der Waals surface area contributed by atoms with Crippen LogP contribution in [0.3, 0.4) is 0 Å². The highest BCUT2D eigenvalue weighted by Gasteiger charge is 2.28. The molecule has 2 heterocycles. The summed E-state index contributed by atoms with van der Waals surface area (Å²) in [7, 11) is 1.66. The van der Waals surface area contributed by atoms with Crippen LogP contribution in [0.15, 0.2) is 42.5 Å². The first-order valence-corrected chi connectivity index (χ1v) is 9.98. The molecule has 1 saturated heterocycles. The Morgan fingerprint density at radius 3 is 2.93 bits per heavy atom. The van der Waals surface area contributed by atoms with Crippen molar-refractivity contribution in [3.8, 4) is 5.75 Å². The minimum Gasteiger partial charge on any atom is -0.497 e. The Morgan fingerprint density at radius 2 is 2.14 bits per heavy atom. The van der Waals surface area contributed by atoms with Crippen molar-refractivity contribution in [3.05, 3.63) is 53.6 Å². The van der Waals surface area contributed by atoms with Crippen LogP contribution in [0.4, 0.5) is 5.13 Å². The number of rotatable bonds is 6. The van der Waals surface area contributed by atoms with Gasteiger partial charge in [0.15, 0.2) is 5.13 Å². The van der Waals surface area contributed by atoms with Gasteiger partial charge >= 0.3 is 0 Å². The first kappa shape index (κ1) is 18.7. The third-order valence-electron chi connectivity index (χ3n) is 4.96. The van der Waals surface area contributed by atoms with Crippen molar-refractivity contribution in [1.82, 2.24) is 21.2 Å². The summed E-state index contributed by atoms with van der Waals surface area (Å²) in [4.78, 5) is 16.7. The highest BCUT2D eigenvalue weighted by molar-refractivity contribution is 7.22. The predicted octanol–water partition coefficient (Wildman–Crippen LogP) is 2.01. The van der Waals surface area contributed by atoms with Crippen LogP contribution in [0.1, 0.15) is 17.2 Å². The van der Waals surface area contributed by atoms with Gasteiger partial charge < -0.3 is 15.8 Å². The highest BCUT2D eigenvalue weighted by atomic mass is 32.1. The standard InChI is InChI=1S/C20H23N5O2S/c1-27-15-5-3-13(4-6-15)19-14(11-23-25-19)10-22-18(26)9-12-2-7-16-17(8-12)28-20(21)24-16/h2-8,14,19,23,25H,9-11H2,1H3,(H2,21,24)(H,22,26).